The quantitative estimate of drug-likeness (QED) is 0.684. The molecule has 0 bridgehead atoms. The molecule has 0 saturated heterocycles. The van der Waals surface area contributed by atoms with E-state index in [2.05, 4.69) is 31.2 Å². The SMILES string of the molecule is NCC1(C(=O)Nc2cc3[nH]c(=O)[nH]c3cc2Br)CC1. The molecule has 1 aliphatic rings. The van der Waals surface area contributed by atoms with Crippen molar-refractivity contribution >= 4 is 38.6 Å². The number of anilines is 1. The molecule has 0 spiro atoms. The lowest BCUT2D eigenvalue weighted by Crippen LogP contribution is -2.30. The third kappa shape index (κ3) is 2.08. The van der Waals surface area contributed by atoms with Crippen molar-refractivity contribution in [1.82, 2.24) is 9.97 Å². The molecule has 1 aliphatic carbocycles. The van der Waals surface area contributed by atoms with Crippen molar-refractivity contribution in [1.29, 1.82) is 0 Å². The second-order valence-corrected chi connectivity index (χ2v) is 5.75. The Balaban J connectivity index is 1.94. The predicted octanol–water partition coefficient (Wildman–Crippen LogP) is 1.30. The summed E-state index contributed by atoms with van der Waals surface area (Å²) in [6.45, 7) is 0.361. The van der Waals surface area contributed by atoms with Gasteiger partial charge in [-0.1, -0.05) is 0 Å². The van der Waals surface area contributed by atoms with Gasteiger partial charge in [-0.2, -0.15) is 0 Å². The number of nitrogens with one attached hydrogen (secondary N) is 3. The number of aromatic amines is 2. The molecule has 1 fully saturated rings. The van der Waals surface area contributed by atoms with Gasteiger partial charge in [0.15, 0.2) is 0 Å². The zero-order valence-electron chi connectivity index (χ0n) is 10.0. The molecule has 7 heteroatoms. The fourth-order valence-electron chi connectivity index (χ4n) is 2.08. The van der Waals surface area contributed by atoms with Crippen LogP contribution in [0.25, 0.3) is 11.0 Å². The first kappa shape index (κ1) is 12.4. The Morgan fingerprint density at radius 3 is 2.58 bits per heavy atom. The molecule has 0 radical (unpaired) electrons. The van der Waals surface area contributed by atoms with Crippen LogP contribution in [0.2, 0.25) is 0 Å². The second kappa shape index (κ2) is 4.21. The van der Waals surface area contributed by atoms with Crippen molar-refractivity contribution in [2.75, 3.05) is 11.9 Å². The van der Waals surface area contributed by atoms with Crippen LogP contribution in [0.1, 0.15) is 12.8 Å². The number of amides is 1. The minimum absolute atomic E-state index is 0.0621. The maximum atomic E-state index is 12.1. The summed E-state index contributed by atoms with van der Waals surface area (Å²) in [6, 6.07) is 3.48. The number of imidazole rings is 1. The lowest BCUT2D eigenvalue weighted by molar-refractivity contribution is -0.120. The Hall–Kier alpha value is -1.60. The number of hydrogen-bond donors (Lipinski definition) is 4. The number of halogens is 1. The van der Waals surface area contributed by atoms with E-state index in [0.29, 0.717) is 23.3 Å². The highest BCUT2D eigenvalue weighted by Gasteiger charge is 2.48. The van der Waals surface area contributed by atoms with E-state index in [1.54, 1.807) is 12.1 Å². The molecule has 0 aliphatic heterocycles. The van der Waals surface area contributed by atoms with E-state index in [9.17, 15) is 9.59 Å². The maximum absolute atomic E-state index is 12.1. The molecular weight excluding hydrogens is 312 g/mol. The van der Waals surface area contributed by atoms with Crippen molar-refractivity contribution in [2.24, 2.45) is 11.1 Å². The summed E-state index contributed by atoms with van der Waals surface area (Å²) in [5.74, 6) is -0.0621. The van der Waals surface area contributed by atoms with Gasteiger partial charge in [0.2, 0.25) is 5.91 Å². The van der Waals surface area contributed by atoms with Gasteiger partial charge in [0.1, 0.15) is 0 Å². The average Bonchev–Trinajstić information content (AvgIpc) is 3.08. The van der Waals surface area contributed by atoms with Crippen LogP contribution in [-0.4, -0.2) is 22.4 Å². The smallest absolute Gasteiger partial charge is 0.323 e. The maximum Gasteiger partial charge on any atom is 0.323 e. The lowest BCUT2D eigenvalue weighted by atomic mass is 10.1. The Morgan fingerprint density at radius 2 is 2.00 bits per heavy atom. The highest BCUT2D eigenvalue weighted by Crippen LogP contribution is 2.45. The fourth-order valence-corrected chi connectivity index (χ4v) is 2.52. The Bertz CT molecular complexity index is 714. The third-order valence-electron chi connectivity index (χ3n) is 3.58. The van der Waals surface area contributed by atoms with Crippen LogP contribution in [0.4, 0.5) is 5.69 Å². The number of H-pyrrole nitrogens is 2. The van der Waals surface area contributed by atoms with Crippen molar-refractivity contribution in [3.05, 3.63) is 27.1 Å². The Kier molecular flexibility index (Phi) is 2.75. The van der Waals surface area contributed by atoms with Gasteiger partial charge in [-0.3, -0.25) is 4.79 Å². The summed E-state index contributed by atoms with van der Waals surface area (Å²) in [4.78, 5) is 28.7. The molecular formula is C12H13BrN4O2. The van der Waals surface area contributed by atoms with E-state index in [-0.39, 0.29) is 11.6 Å². The van der Waals surface area contributed by atoms with Crippen LogP contribution in [0.15, 0.2) is 21.4 Å². The number of fused-ring (bicyclic) bond motifs is 1. The van der Waals surface area contributed by atoms with Crippen molar-refractivity contribution in [3.63, 3.8) is 0 Å². The van der Waals surface area contributed by atoms with Gasteiger partial charge < -0.3 is 21.0 Å². The van der Waals surface area contributed by atoms with Gasteiger partial charge >= 0.3 is 5.69 Å². The number of aromatic nitrogens is 2. The number of carbonyl (C=O) groups is 1. The molecule has 100 valence electrons. The summed E-state index contributed by atoms with van der Waals surface area (Å²) in [6.07, 6.45) is 1.66. The van der Waals surface area contributed by atoms with Crippen molar-refractivity contribution in [2.45, 2.75) is 12.8 Å². The molecule has 0 unspecified atom stereocenters. The molecule has 6 nitrogen and oxygen atoms in total. The van der Waals surface area contributed by atoms with Gasteiger partial charge in [-0.25, -0.2) is 4.79 Å². The average molecular weight is 325 g/mol. The van der Waals surface area contributed by atoms with E-state index < -0.39 is 5.41 Å². The molecule has 5 N–H and O–H groups in total. The van der Waals surface area contributed by atoms with Crippen LogP contribution in [-0.2, 0) is 4.79 Å². The number of hydrogen-bond acceptors (Lipinski definition) is 3. The number of carbonyl (C=O) groups excluding carboxylic acids is 1. The topological polar surface area (TPSA) is 104 Å². The molecule has 19 heavy (non-hydrogen) atoms. The fraction of sp³-hybridized carbons (Fsp3) is 0.333. The van der Waals surface area contributed by atoms with Crippen LogP contribution >= 0.6 is 15.9 Å². The lowest BCUT2D eigenvalue weighted by Gasteiger charge is -2.13. The zero-order chi connectivity index (χ0) is 13.6. The predicted molar refractivity (Wildman–Crippen MR) is 76.0 cm³/mol. The molecule has 2 aromatic rings. The molecule has 1 saturated carbocycles. The summed E-state index contributed by atoms with van der Waals surface area (Å²) >= 11 is 3.38. The zero-order valence-corrected chi connectivity index (χ0v) is 11.6. The largest absolute Gasteiger partial charge is 0.329 e. The van der Waals surface area contributed by atoms with Gasteiger partial charge in [-0.05, 0) is 40.9 Å². The van der Waals surface area contributed by atoms with Gasteiger partial charge in [0.25, 0.3) is 0 Å². The van der Waals surface area contributed by atoms with Crippen LogP contribution < -0.4 is 16.7 Å². The minimum atomic E-state index is -0.403. The molecule has 1 amide bonds. The minimum Gasteiger partial charge on any atom is -0.329 e. The number of nitrogens with two attached hydrogens (primary N) is 1. The third-order valence-corrected chi connectivity index (χ3v) is 4.23. The Labute approximate surface area is 116 Å². The summed E-state index contributed by atoms with van der Waals surface area (Å²) in [7, 11) is 0. The summed E-state index contributed by atoms with van der Waals surface area (Å²) < 4.78 is 0.719. The van der Waals surface area contributed by atoms with E-state index in [1.807, 2.05) is 0 Å². The van der Waals surface area contributed by atoms with Crippen LogP contribution in [0.3, 0.4) is 0 Å². The van der Waals surface area contributed by atoms with Crippen molar-refractivity contribution < 1.29 is 4.79 Å². The number of benzene rings is 1. The molecule has 1 heterocycles. The number of rotatable bonds is 3. The van der Waals surface area contributed by atoms with Gasteiger partial charge in [-0.15, -0.1) is 0 Å². The second-order valence-electron chi connectivity index (χ2n) is 4.90. The standard InChI is InChI=1S/C12H13BrN4O2/c13-6-3-8-9(17-11(19)16-8)4-7(6)15-10(18)12(5-14)1-2-12/h3-4H,1-2,5,14H2,(H,15,18)(H2,16,17,19). The molecule has 0 atom stereocenters. The first-order valence-electron chi connectivity index (χ1n) is 5.97. The summed E-state index contributed by atoms with van der Waals surface area (Å²) in [5, 5.41) is 2.86. The first-order valence-corrected chi connectivity index (χ1v) is 6.76. The highest BCUT2D eigenvalue weighted by molar-refractivity contribution is 9.10. The van der Waals surface area contributed by atoms with Crippen LogP contribution in [0.5, 0.6) is 0 Å². The first-order chi connectivity index (χ1) is 9.04. The van der Waals surface area contributed by atoms with E-state index in [0.717, 1.165) is 17.3 Å². The van der Waals surface area contributed by atoms with Crippen LogP contribution in [0, 0.1) is 5.41 Å². The van der Waals surface area contributed by atoms with Gasteiger partial charge in [0, 0.05) is 11.0 Å². The van der Waals surface area contributed by atoms with E-state index >= 15 is 0 Å². The normalized spacial score (nSPS) is 16.5. The highest BCUT2D eigenvalue weighted by atomic mass is 79.9. The molecule has 3 rings (SSSR count). The van der Waals surface area contributed by atoms with Gasteiger partial charge in [0.05, 0.1) is 22.1 Å². The Morgan fingerprint density at radius 1 is 1.37 bits per heavy atom. The van der Waals surface area contributed by atoms with Crippen molar-refractivity contribution in [3.8, 4) is 0 Å². The van der Waals surface area contributed by atoms with E-state index in [4.69, 9.17) is 5.73 Å². The van der Waals surface area contributed by atoms with E-state index in [1.165, 1.54) is 0 Å². The molecule has 1 aromatic heterocycles. The molecule has 1 aromatic carbocycles. The monoisotopic (exact) mass is 324 g/mol. The summed E-state index contributed by atoms with van der Waals surface area (Å²) in [5.41, 5.74) is 6.93.